The van der Waals surface area contributed by atoms with Gasteiger partial charge in [-0.2, -0.15) is 0 Å². The Balaban J connectivity index is 2.20. The van der Waals surface area contributed by atoms with Crippen LogP contribution >= 0.6 is 11.8 Å². The molecule has 0 fully saturated rings. The molecule has 20 heavy (non-hydrogen) atoms. The Kier molecular flexibility index (Phi) is 5.09. The fraction of sp³-hybridized carbons (Fsp3) is 0.400. The summed E-state index contributed by atoms with van der Waals surface area (Å²) in [6.45, 7) is 2.08. The molecule has 2 rings (SSSR count). The first-order chi connectivity index (χ1) is 9.67. The van der Waals surface area contributed by atoms with E-state index in [-0.39, 0.29) is 12.2 Å². The average molecular weight is 293 g/mol. The highest BCUT2D eigenvalue weighted by atomic mass is 32.2. The Hall–Kier alpha value is -1.46. The number of aryl methyl sites for hydroxylation is 1. The average Bonchev–Trinajstić information content (AvgIpc) is 2.48. The van der Waals surface area contributed by atoms with Crippen molar-refractivity contribution < 1.29 is 14.3 Å². The summed E-state index contributed by atoms with van der Waals surface area (Å²) in [5.41, 5.74) is 3.51. The van der Waals surface area contributed by atoms with Crippen LogP contribution in [0.4, 0.5) is 0 Å². The van der Waals surface area contributed by atoms with E-state index in [1.807, 2.05) is 6.20 Å². The summed E-state index contributed by atoms with van der Waals surface area (Å²) in [5.74, 6) is 0.537. The molecule has 0 aliphatic carbocycles. The number of esters is 1. The van der Waals surface area contributed by atoms with Crippen molar-refractivity contribution in [2.45, 2.75) is 24.5 Å². The molecule has 1 aromatic rings. The third-order valence-corrected chi connectivity index (χ3v) is 4.46. The van der Waals surface area contributed by atoms with Crippen molar-refractivity contribution in [3.05, 3.63) is 35.0 Å². The number of rotatable bonds is 5. The third kappa shape index (κ3) is 3.16. The second kappa shape index (κ2) is 6.81. The van der Waals surface area contributed by atoms with E-state index in [4.69, 9.17) is 4.74 Å². The van der Waals surface area contributed by atoms with Crippen molar-refractivity contribution in [2.75, 3.05) is 20.0 Å². The summed E-state index contributed by atoms with van der Waals surface area (Å²) in [5, 5.41) is 3.17. The quantitative estimate of drug-likeness (QED) is 0.668. The molecule has 1 aliphatic heterocycles. The van der Waals surface area contributed by atoms with Crippen molar-refractivity contribution in [1.82, 2.24) is 5.32 Å². The van der Waals surface area contributed by atoms with Gasteiger partial charge in [-0.1, -0.05) is 12.1 Å². The predicted molar refractivity (Wildman–Crippen MR) is 80.5 cm³/mol. The minimum Gasteiger partial charge on any atom is -0.469 e. The molecule has 0 bridgehead atoms. The lowest BCUT2D eigenvalue weighted by Crippen LogP contribution is -2.21. The summed E-state index contributed by atoms with van der Waals surface area (Å²) in [6.07, 6.45) is 4.26. The SMILES string of the molecule is COC(=O)CCSc1c(C)ccc2c1C=CNC2OC. The van der Waals surface area contributed by atoms with E-state index >= 15 is 0 Å². The lowest BCUT2D eigenvalue weighted by atomic mass is 10.0. The first kappa shape index (κ1) is 14.9. The van der Waals surface area contributed by atoms with Gasteiger partial charge in [0.25, 0.3) is 0 Å². The number of carbonyl (C=O) groups is 1. The van der Waals surface area contributed by atoms with Gasteiger partial charge >= 0.3 is 5.97 Å². The number of ether oxygens (including phenoxy) is 2. The molecule has 108 valence electrons. The normalized spacial score (nSPS) is 16.4. The molecular formula is C15H19NO3S. The van der Waals surface area contributed by atoms with Gasteiger partial charge in [0.1, 0.15) is 0 Å². The van der Waals surface area contributed by atoms with E-state index in [0.29, 0.717) is 12.2 Å². The second-order valence-electron chi connectivity index (χ2n) is 4.50. The zero-order chi connectivity index (χ0) is 14.5. The number of carbonyl (C=O) groups excluding carboxylic acids is 1. The lowest BCUT2D eigenvalue weighted by Gasteiger charge is -2.24. The zero-order valence-electron chi connectivity index (χ0n) is 11.9. The molecule has 1 aromatic carbocycles. The molecule has 0 amide bonds. The van der Waals surface area contributed by atoms with E-state index in [2.05, 4.69) is 35.2 Å². The number of nitrogens with one attached hydrogen (secondary N) is 1. The van der Waals surface area contributed by atoms with Crippen molar-refractivity contribution in [3.8, 4) is 0 Å². The highest BCUT2D eigenvalue weighted by molar-refractivity contribution is 7.99. The summed E-state index contributed by atoms with van der Waals surface area (Å²) in [7, 11) is 3.10. The first-order valence-corrected chi connectivity index (χ1v) is 7.44. The molecule has 5 heteroatoms. The Labute approximate surface area is 123 Å². The highest BCUT2D eigenvalue weighted by Crippen LogP contribution is 2.35. The maximum Gasteiger partial charge on any atom is 0.306 e. The number of hydrogen-bond donors (Lipinski definition) is 1. The van der Waals surface area contributed by atoms with Gasteiger partial charge in [-0.15, -0.1) is 11.8 Å². The van der Waals surface area contributed by atoms with Crippen molar-refractivity contribution in [1.29, 1.82) is 0 Å². The molecule has 0 aromatic heterocycles. The number of benzene rings is 1. The predicted octanol–water partition coefficient (Wildman–Crippen LogP) is 2.87. The van der Waals surface area contributed by atoms with E-state index in [1.54, 1.807) is 18.9 Å². The molecule has 0 saturated heterocycles. The van der Waals surface area contributed by atoms with Crippen LogP contribution < -0.4 is 5.32 Å². The van der Waals surface area contributed by atoms with Gasteiger partial charge in [-0.3, -0.25) is 4.79 Å². The molecule has 1 heterocycles. The second-order valence-corrected chi connectivity index (χ2v) is 5.61. The molecule has 1 N–H and O–H groups in total. The van der Waals surface area contributed by atoms with Crippen LogP contribution in [-0.2, 0) is 14.3 Å². The summed E-state index contributed by atoms with van der Waals surface area (Å²) in [6, 6.07) is 4.17. The Morgan fingerprint density at radius 1 is 1.40 bits per heavy atom. The zero-order valence-corrected chi connectivity index (χ0v) is 12.8. The van der Waals surface area contributed by atoms with Crippen LogP contribution in [0.15, 0.2) is 23.2 Å². The van der Waals surface area contributed by atoms with Crippen LogP contribution in [0, 0.1) is 6.92 Å². The van der Waals surface area contributed by atoms with Crippen LogP contribution in [0.2, 0.25) is 0 Å². The smallest absolute Gasteiger partial charge is 0.306 e. The Morgan fingerprint density at radius 3 is 2.90 bits per heavy atom. The van der Waals surface area contributed by atoms with Gasteiger partial charge in [0.15, 0.2) is 6.23 Å². The van der Waals surface area contributed by atoms with Gasteiger partial charge in [-0.05, 0) is 30.3 Å². The lowest BCUT2D eigenvalue weighted by molar-refractivity contribution is -0.140. The number of hydrogen-bond acceptors (Lipinski definition) is 5. The van der Waals surface area contributed by atoms with Crippen LogP contribution in [0.25, 0.3) is 6.08 Å². The summed E-state index contributed by atoms with van der Waals surface area (Å²) < 4.78 is 10.1. The molecule has 0 saturated carbocycles. The van der Waals surface area contributed by atoms with E-state index < -0.39 is 0 Å². The van der Waals surface area contributed by atoms with Gasteiger partial charge in [-0.25, -0.2) is 0 Å². The fourth-order valence-corrected chi connectivity index (χ4v) is 3.27. The standard InChI is InChI=1S/C15H19NO3S/c1-10-4-5-12-11(6-8-16-15(12)19-3)14(10)20-9-7-13(17)18-2/h4-6,8,15-16H,7,9H2,1-3H3. The molecular weight excluding hydrogens is 274 g/mol. The van der Waals surface area contributed by atoms with Gasteiger partial charge in [0, 0.05) is 23.3 Å². The van der Waals surface area contributed by atoms with Gasteiger partial charge in [0.05, 0.1) is 13.5 Å². The maximum atomic E-state index is 11.2. The highest BCUT2D eigenvalue weighted by Gasteiger charge is 2.19. The molecule has 0 radical (unpaired) electrons. The third-order valence-electron chi connectivity index (χ3n) is 3.22. The number of thioether (sulfide) groups is 1. The molecule has 1 aliphatic rings. The molecule has 1 unspecified atom stereocenters. The fourth-order valence-electron chi connectivity index (χ4n) is 2.16. The summed E-state index contributed by atoms with van der Waals surface area (Å²) in [4.78, 5) is 12.4. The van der Waals surface area contributed by atoms with Crippen LogP contribution in [0.5, 0.6) is 0 Å². The van der Waals surface area contributed by atoms with Gasteiger partial charge in [0.2, 0.25) is 0 Å². The minimum absolute atomic E-state index is 0.115. The topological polar surface area (TPSA) is 47.6 Å². The number of methoxy groups -OCH3 is 2. The van der Waals surface area contributed by atoms with Crippen molar-refractivity contribution >= 4 is 23.8 Å². The van der Waals surface area contributed by atoms with E-state index in [9.17, 15) is 4.79 Å². The Morgan fingerprint density at radius 2 is 2.20 bits per heavy atom. The van der Waals surface area contributed by atoms with E-state index in [1.165, 1.54) is 23.1 Å². The van der Waals surface area contributed by atoms with Crippen LogP contribution in [0.3, 0.4) is 0 Å². The molecule has 0 spiro atoms. The Bertz CT molecular complexity index is 528. The molecule has 4 nitrogen and oxygen atoms in total. The first-order valence-electron chi connectivity index (χ1n) is 6.46. The monoisotopic (exact) mass is 293 g/mol. The number of fused-ring (bicyclic) bond motifs is 1. The van der Waals surface area contributed by atoms with Crippen LogP contribution in [0.1, 0.15) is 29.3 Å². The van der Waals surface area contributed by atoms with Gasteiger partial charge < -0.3 is 14.8 Å². The van der Waals surface area contributed by atoms with Crippen LogP contribution in [-0.4, -0.2) is 25.9 Å². The van der Waals surface area contributed by atoms with Crippen molar-refractivity contribution in [3.63, 3.8) is 0 Å². The minimum atomic E-state index is -0.174. The maximum absolute atomic E-state index is 11.2. The summed E-state index contributed by atoms with van der Waals surface area (Å²) >= 11 is 1.68. The van der Waals surface area contributed by atoms with Crippen molar-refractivity contribution in [2.24, 2.45) is 0 Å². The largest absolute Gasteiger partial charge is 0.469 e. The molecule has 1 atom stereocenters. The van der Waals surface area contributed by atoms with E-state index in [0.717, 1.165) is 5.56 Å².